The summed E-state index contributed by atoms with van der Waals surface area (Å²) < 4.78 is 10.9. The molecule has 0 aliphatic heterocycles. The Kier molecular flexibility index (Phi) is 10.8. The molecule has 0 radical (unpaired) electrons. The maximum Gasteiger partial charge on any atom is 0.228 e. The number of aliphatic imine (C=N–C) groups is 1. The van der Waals surface area contributed by atoms with E-state index >= 15 is 0 Å². The van der Waals surface area contributed by atoms with Crippen molar-refractivity contribution in [3.8, 4) is 5.75 Å². The first-order chi connectivity index (χ1) is 15.0. The minimum absolute atomic E-state index is 0. The SMILES string of the molecule is Cc1noc(CCN=C(NCCc2cccc(Cl)c2)Nc2ccc(OC(C)C)cc2)n1.I. The van der Waals surface area contributed by atoms with E-state index in [1.807, 2.05) is 56.3 Å². The quantitative estimate of drug-likeness (QED) is 0.207. The lowest BCUT2D eigenvalue weighted by Gasteiger charge is -2.14. The van der Waals surface area contributed by atoms with Crippen LogP contribution in [0.4, 0.5) is 5.69 Å². The lowest BCUT2D eigenvalue weighted by molar-refractivity contribution is 0.242. The third-order valence-corrected chi connectivity index (χ3v) is 4.48. The van der Waals surface area contributed by atoms with E-state index in [-0.39, 0.29) is 30.1 Å². The van der Waals surface area contributed by atoms with Crippen molar-refractivity contribution in [1.82, 2.24) is 15.5 Å². The van der Waals surface area contributed by atoms with E-state index in [4.69, 9.17) is 20.9 Å². The third-order valence-electron chi connectivity index (χ3n) is 4.25. The first-order valence-corrected chi connectivity index (χ1v) is 10.7. The second-order valence-corrected chi connectivity index (χ2v) is 7.77. The molecule has 0 saturated heterocycles. The van der Waals surface area contributed by atoms with Crippen molar-refractivity contribution in [2.75, 3.05) is 18.4 Å². The van der Waals surface area contributed by atoms with Crippen LogP contribution in [0.2, 0.25) is 5.02 Å². The standard InChI is InChI=1S/C23H28ClN5O2.HI/c1-16(2)30-21-9-7-20(8-10-21)28-23(26-14-12-22-27-17(3)29-31-22)25-13-11-18-5-4-6-19(24)15-18;/h4-10,15-16H,11-14H2,1-3H3,(H2,25,26,28);1H. The molecule has 0 unspecified atom stereocenters. The van der Waals surface area contributed by atoms with E-state index in [9.17, 15) is 0 Å². The number of nitrogens with zero attached hydrogens (tertiary/aromatic N) is 3. The highest BCUT2D eigenvalue weighted by Crippen LogP contribution is 2.17. The van der Waals surface area contributed by atoms with Crippen LogP contribution in [0.15, 0.2) is 58.0 Å². The van der Waals surface area contributed by atoms with Gasteiger partial charge in [0.25, 0.3) is 0 Å². The number of guanidine groups is 1. The zero-order valence-corrected chi connectivity index (χ0v) is 21.6. The highest BCUT2D eigenvalue weighted by molar-refractivity contribution is 14.0. The van der Waals surface area contributed by atoms with Crippen LogP contribution in [-0.4, -0.2) is 35.3 Å². The van der Waals surface area contributed by atoms with Crippen molar-refractivity contribution < 1.29 is 9.26 Å². The van der Waals surface area contributed by atoms with Crippen LogP contribution >= 0.6 is 35.6 Å². The van der Waals surface area contributed by atoms with Gasteiger partial charge in [-0.1, -0.05) is 28.9 Å². The summed E-state index contributed by atoms with van der Waals surface area (Å²) in [5.41, 5.74) is 2.08. The van der Waals surface area contributed by atoms with Crippen LogP contribution in [0.5, 0.6) is 5.75 Å². The second kappa shape index (κ2) is 13.3. The summed E-state index contributed by atoms with van der Waals surface area (Å²) in [6.07, 6.45) is 1.53. The lowest BCUT2D eigenvalue weighted by atomic mass is 10.1. The second-order valence-electron chi connectivity index (χ2n) is 7.34. The summed E-state index contributed by atoms with van der Waals surface area (Å²) >= 11 is 6.08. The van der Waals surface area contributed by atoms with Crippen LogP contribution in [0.3, 0.4) is 0 Å². The minimum Gasteiger partial charge on any atom is -0.491 e. The predicted octanol–water partition coefficient (Wildman–Crippen LogP) is 5.28. The Labute approximate surface area is 211 Å². The molecule has 1 heterocycles. The van der Waals surface area contributed by atoms with Gasteiger partial charge in [-0.05, 0) is 69.2 Å². The van der Waals surface area contributed by atoms with E-state index in [0.29, 0.717) is 37.2 Å². The number of anilines is 1. The average molecular weight is 570 g/mol. The van der Waals surface area contributed by atoms with Crippen molar-refractivity contribution in [2.24, 2.45) is 4.99 Å². The van der Waals surface area contributed by atoms with Crippen molar-refractivity contribution >= 4 is 47.2 Å². The van der Waals surface area contributed by atoms with Gasteiger partial charge in [0.05, 0.1) is 12.6 Å². The Morgan fingerprint density at radius 2 is 1.94 bits per heavy atom. The van der Waals surface area contributed by atoms with Crippen LogP contribution in [0.25, 0.3) is 0 Å². The minimum atomic E-state index is 0. The summed E-state index contributed by atoms with van der Waals surface area (Å²) in [6, 6.07) is 15.7. The van der Waals surface area contributed by atoms with Crippen molar-refractivity contribution in [2.45, 2.75) is 39.7 Å². The zero-order chi connectivity index (χ0) is 22.1. The fourth-order valence-corrected chi connectivity index (χ4v) is 3.10. The van der Waals surface area contributed by atoms with Gasteiger partial charge in [0.15, 0.2) is 11.8 Å². The Hall–Kier alpha value is -2.33. The maximum absolute atomic E-state index is 6.08. The summed E-state index contributed by atoms with van der Waals surface area (Å²) in [5, 5.41) is 11.3. The predicted molar refractivity (Wildman–Crippen MR) is 139 cm³/mol. The van der Waals surface area contributed by atoms with Gasteiger partial charge in [-0.15, -0.1) is 24.0 Å². The van der Waals surface area contributed by atoms with Crippen LogP contribution in [0, 0.1) is 6.92 Å². The molecule has 0 bridgehead atoms. The van der Waals surface area contributed by atoms with E-state index in [1.54, 1.807) is 6.92 Å². The Morgan fingerprint density at radius 3 is 2.59 bits per heavy atom. The Balaban J connectivity index is 0.00000363. The first-order valence-electron chi connectivity index (χ1n) is 10.3. The van der Waals surface area contributed by atoms with E-state index in [2.05, 4.69) is 31.8 Å². The molecule has 3 rings (SSSR count). The Bertz CT molecular complexity index is 992. The van der Waals surface area contributed by atoms with Gasteiger partial charge >= 0.3 is 0 Å². The smallest absolute Gasteiger partial charge is 0.228 e. The average Bonchev–Trinajstić information content (AvgIpc) is 3.14. The molecule has 0 amide bonds. The number of rotatable bonds is 9. The topological polar surface area (TPSA) is 84.6 Å². The van der Waals surface area contributed by atoms with Gasteiger partial charge in [0.1, 0.15) is 5.75 Å². The van der Waals surface area contributed by atoms with Gasteiger partial charge in [0, 0.05) is 23.7 Å². The fraction of sp³-hybridized carbons (Fsp3) is 0.348. The molecule has 172 valence electrons. The van der Waals surface area contributed by atoms with Crippen molar-refractivity contribution in [3.63, 3.8) is 0 Å². The number of ether oxygens (including phenoxy) is 1. The molecule has 9 heteroatoms. The zero-order valence-electron chi connectivity index (χ0n) is 18.5. The molecule has 7 nitrogen and oxygen atoms in total. The molecule has 1 aromatic heterocycles. The highest BCUT2D eigenvalue weighted by Gasteiger charge is 2.05. The molecule has 0 spiro atoms. The monoisotopic (exact) mass is 569 g/mol. The third kappa shape index (κ3) is 9.04. The highest BCUT2D eigenvalue weighted by atomic mass is 127. The van der Waals surface area contributed by atoms with Gasteiger partial charge in [-0.2, -0.15) is 4.98 Å². The van der Waals surface area contributed by atoms with Crippen LogP contribution in [-0.2, 0) is 12.8 Å². The molecule has 32 heavy (non-hydrogen) atoms. The summed E-state index contributed by atoms with van der Waals surface area (Å²) in [4.78, 5) is 8.87. The first kappa shape index (κ1) is 25.9. The molecule has 2 aromatic carbocycles. The molecular formula is C23H29ClIN5O2. The van der Waals surface area contributed by atoms with Crippen LogP contribution < -0.4 is 15.4 Å². The molecule has 0 aliphatic rings. The summed E-state index contributed by atoms with van der Waals surface area (Å²) in [6.45, 7) is 7.04. The van der Waals surface area contributed by atoms with E-state index in [1.165, 1.54) is 0 Å². The molecule has 2 N–H and O–H groups in total. The molecule has 0 saturated carbocycles. The number of hydrogen-bond acceptors (Lipinski definition) is 5. The summed E-state index contributed by atoms with van der Waals surface area (Å²) in [7, 11) is 0. The number of aromatic nitrogens is 2. The van der Waals surface area contributed by atoms with E-state index in [0.717, 1.165) is 28.4 Å². The number of benzene rings is 2. The molecular weight excluding hydrogens is 541 g/mol. The lowest BCUT2D eigenvalue weighted by Crippen LogP contribution is -2.32. The molecule has 0 atom stereocenters. The van der Waals surface area contributed by atoms with Crippen molar-refractivity contribution in [3.05, 3.63) is 70.8 Å². The number of halogens is 2. The van der Waals surface area contributed by atoms with Gasteiger partial charge in [-0.3, -0.25) is 4.99 Å². The molecule has 3 aromatic rings. The largest absolute Gasteiger partial charge is 0.491 e. The fourth-order valence-electron chi connectivity index (χ4n) is 2.89. The van der Waals surface area contributed by atoms with Crippen LogP contribution in [0.1, 0.15) is 31.1 Å². The summed E-state index contributed by atoms with van der Waals surface area (Å²) in [5.74, 6) is 2.71. The van der Waals surface area contributed by atoms with Crippen molar-refractivity contribution in [1.29, 1.82) is 0 Å². The number of aryl methyl sites for hydroxylation is 1. The molecule has 0 fully saturated rings. The molecule has 0 aliphatic carbocycles. The Morgan fingerprint density at radius 1 is 1.16 bits per heavy atom. The van der Waals surface area contributed by atoms with Gasteiger partial charge < -0.3 is 19.9 Å². The van der Waals surface area contributed by atoms with E-state index < -0.39 is 0 Å². The number of hydrogen-bond donors (Lipinski definition) is 2. The number of nitrogens with one attached hydrogen (secondary N) is 2. The normalized spacial score (nSPS) is 11.2. The maximum atomic E-state index is 6.08. The van der Waals surface area contributed by atoms with Gasteiger partial charge in [0.2, 0.25) is 5.89 Å². The van der Waals surface area contributed by atoms with Gasteiger partial charge in [-0.25, -0.2) is 0 Å².